The molecule has 1 aromatic carbocycles. The molecule has 0 unspecified atom stereocenters. The van der Waals surface area contributed by atoms with Crippen molar-refractivity contribution in [2.24, 2.45) is 0 Å². The van der Waals surface area contributed by atoms with Gasteiger partial charge in [0.15, 0.2) is 0 Å². The molecular formula is C13H15NO4S. The first kappa shape index (κ1) is 13.6. The predicted molar refractivity (Wildman–Crippen MR) is 71.3 cm³/mol. The number of para-hydroxylation sites is 1. The van der Waals surface area contributed by atoms with Gasteiger partial charge in [-0.05, 0) is 31.2 Å². The molecule has 19 heavy (non-hydrogen) atoms. The first-order chi connectivity index (χ1) is 9.09. The average Bonchev–Trinajstić information content (AvgIpc) is 2.90. The number of hydrogen-bond acceptors (Lipinski definition) is 4. The largest absolute Gasteiger partial charge is 0.445 e. The first-order valence-electron chi connectivity index (χ1n) is 5.87. The van der Waals surface area contributed by atoms with Gasteiger partial charge in [0.1, 0.15) is 12.4 Å². The Morgan fingerprint density at radius 3 is 2.37 bits per heavy atom. The number of furan rings is 1. The summed E-state index contributed by atoms with van der Waals surface area (Å²) in [4.78, 5) is 0. The van der Waals surface area contributed by atoms with Crippen molar-refractivity contribution < 1.29 is 17.9 Å². The minimum atomic E-state index is -3.74. The van der Waals surface area contributed by atoms with Crippen molar-refractivity contribution in [3.63, 3.8) is 0 Å². The van der Waals surface area contributed by atoms with Crippen LogP contribution in [0.4, 0.5) is 5.69 Å². The molecule has 0 saturated heterocycles. The zero-order valence-corrected chi connectivity index (χ0v) is 11.3. The number of benzene rings is 1. The van der Waals surface area contributed by atoms with E-state index in [1.807, 2.05) is 6.07 Å². The van der Waals surface area contributed by atoms with E-state index >= 15 is 0 Å². The summed E-state index contributed by atoms with van der Waals surface area (Å²) in [6.07, 6.45) is 0. The molecule has 0 saturated carbocycles. The molecule has 0 spiro atoms. The summed E-state index contributed by atoms with van der Waals surface area (Å²) >= 11 is 0. The van der Waals surface area contributed by atoms with E-state index in [2.05, 4.69) is 0 Å². The summed E-state index contributed by atoms with van der Waals surface area (Å²) in [5.41, 5.74) is 0.576. The third-order valence-electron chi connectivity index (χ3n) is 2.67. The highest BCUT2D eigenvalue weighted by molar-refractivity contribution is 7.92. The summed E-state index contributed by atoms with van der Waals surface area (Å²) in [5.74, 6) is 0.225. The molecule has 1 aromatic heterocycles. The van der Waals surface area contributed by atoms with E-state index in [9.17, 15) is 8.42 Å². The fraction of sp³-hybridized carbons (Fsp3) is 0.231. The molecule has 0 bridgehead atoms. The van der Waals surface area contributed by atoms with E-state index in [1.54, 1.807) is 31.2 Å². The normalized spacial score (nSPS) is 11.5. The van der Waals surface area contributed by atoms with Crippen molar-refractivity contribution in [1.29, 1.82) is 0 Å². The van der Waals surface area contributed by atoms with E-state index < -0.39 is 10.0 Å². The molecular weight excluding hydrogens is 266 g/mol. The monoisotopic (exact) mass is 281 g/mol. The van der Waals surface area contributed by atoms with E-state index in [1.165, 1.54) is 16.4 Å². The van der Waals surface area contributed by atoms with Gasteiger partial charge >= 0.3 is 0 Å². The SMILES string of the molecule is CCN(c1ccccc1)S(=O)(=O)c1ccc(CO)o1. The Bertz CT molecular complexity index is 634. The Labute approximate surface area is 112 Å². The van der Waals surface area contributed by atoms with Gasteiger partial charge in [0.25, 0.3) is 10.0 Å². The van der Waals surface area contributed by atoms with Gasteiger partial charge in [-0.2, -0.15) is 8.42 Å². The Balaban J connectivity index is 2.42. The number of aliphatic hydroxyl groups excluding tert-OH is 1. The van der Waals surface area contributed by atoms with Crippen LogP contribution in [0.3, 0.4) is 0 Å². The van der Waals surface area contributed by atoms with Crippen molar-refractivity contribution in [2.75, 3.05) is 10.8 Å². The molecule has 5 nitrogen and oxygen atoms in total. The molecule has 2 rings (SSSR count). The second kappa shape index (κ2) is 5.46. The van der Waals surface area contributed by atoms with E-state index in [0.29, 0.717) is 12.2 Å². The lowest BCUT2D eigenvalue weighted by atomic mass is 10.3. The van der Waals surface area contributed by atoms with Crippen LogP contribution in [-0.2, 0) is 16.6 Å². The lowest BCUT2D eigenvalue weighted by Gasteiger charge is -2.21. The highest BCUT2D eigenvalue weighted by Crippen LogP contribution is 2.24. The van der Waals surface area contributed by atoms with Gasteiger partial charge in [0.2, 0.25) is 5.09 Å². The average molecular weight is 281 g/mol. The van der Waals surface area contributed by atoms with Crippen LogP contribution >= 0.6 is 0 Å². The number of aliphatic hydroxyl groups is 1. The maximum absolute atomic E-state index is 12.4. The van der Waals surface area contributed by atoms with Crippen molar-refractivity contribution >= 4 is 15.7 Å². The van der Waals surface area contributed by atoms with Crippen LogP contribution in [0.5, 0.6) is 0 Å². The van der Waals surface area contributed by atoms with Gasteiger partial charge in [0.05, 0.1) is 5.69 Å². The molecule has 0 amide bonds. The second-order valence-corrected chi connectivity index (χ2v) is 5.68. The Morgan fingerprint density at radius 2 is 1.84 bits per heavy atom. The van der Waals surface area contributed by atoms with Crippen molar-refractivity contribution in [3.8, 4) is 0 Å². The molecule has 0 aliphatic rings. The number of hydrogen-bond donors (Lipinski definition) is 1. The maximum Gasteiger partial charge on any atom is 0.297 e. The van der Waals surface area contributed by atoms with Gasteiger partial charge in [-0.3, -0.25) is 4.31 Å². The van der Waals surface area contributed by atoms with Gasteiger partial charge in [-0.1, -0.05) is 18.2 Å². The lowest BCUT2D eigenvalue weighted by molar-refractivity contribution is 0.236. The minimum absolute atomic E-state index is 0.165. The molecule has 0 aliphatic carbocycles. The number of nitrogens with zero attached hydrogens (tertiary/aromatic N) is 1. The summed E-state index contributed by atoms with van der Waals surface area (Å²) in [5, 5.41) is 8.76. The standard InChI is InChI=1S/C13H15NO4S/c1-2-14(11-6-4-3-5-7-11)19(16,17)13-9-8-12(10-15)18-13/h3-9,15H,2,10H2,1H3. The van der Waals surface area contributed by atoms with Crippen molar-refractivity contribution in [1.82, 2.24) is 0 Å². The summed E-state index contributed by atoms with van der Waals surface area (Å²) < 4.78 is 31.3. The quantitative estimate of drug-likeness (QED) is 0.909. The highest BCUT2D eigenvalue weighted by Gasteiger charge is 2.26. The van der Waals surface area contributed by atoms with Crippen LogP contribution in [0.15, 0.2) is 52.0 Å². The molecule has 0 atom stereocenters. The van der Waals surface area contributed by atoms with Crippen LogP contribution in [-0.4, -0.2) is 20.1 Å². The van der Waals surface area contributed by atoms with Crippen molar-refractivity contribution in [2.45, 2.75) is 18.6 Å². The van der Waals surface area contributed by atoms with Gasteiger partial charge < -0.3 is 9.52 Å². The highest BCUT2D eigenvalue weighted by atomic mass is 32.2. The van der Waals surface area contributed by atoms with E-state index in [-0.39, 0.29) is 17.5 Å². The molecule has 0 radical (unpaired) electrons. The Morgan fingerprint density at radius 1 is 1.16 bits per heavy atom. The summed E-state index contributed by atoms with van der Waals surface area (Å²) in [6.45, 7) is 1.72. The molecule has 6 heteroatoms. The summed E-state index contributed by atoms with van der Waals surface area (Å²) in [6, 6.07) is 11.6. The van der Waals surface area contributed by atoms with Gasteiger partial charge in [-0.25, -0.2) is 0 Å². The fourth-order valence-corrected chi connectivity index (χ4v) is 3.18. The zero-order chi connectivity index (χ0) is 13.9. The van der Waals surface area contributed by atoms with Gasteiger partial charge in [-0.15, -0.1) is 0 Å². The molecule has 0 fully saturated rings. The Hall–Kier alpha value is -1.79. The van der Waals surface area contributed by atoms with E-state index in [4.69, 9.17) is 9.52 Å². The smallest absolute Gasteiger partial charge is 0.297 e. The minimum Gasteiger partial charge on any atom is -0.445 e. The van der Waals surface area contributed by atoms with Crippen LogP contribution < -0.4 is 4.31 Å². The molecule has 0 aliphatic heterocycles. The van der Waals surface area contributed by atoms with Crippen LogP contribution in [0.1, 0.15) is 12.7 Å². The van der Waals surface area contributed by atoms with Gasteiger partial charge in [0, 0.05) is 6.54 Å². The summed E-state index contributed by atoms with van der Waals surface area (Å²) in [7, 11) is -3.74. The number of sulfonamides is 1. The molecule has 1 N–H and O–H groups in total. The van der Waals surface area contributed by atoms with Crippen molar-refractivity contribution in [3.05, 3.63) is 48.2 Å². The molecule has 1 heterocycles. The molecule has 2 aromatic rings. The number of rotatable bonds is 5. The maximum atomic E-state index is 12.4. The molecule has 102 valence electrons. The Kier molecular flexibility index (Phi) is 3.92. The topological polar surface area (TPSA) is 70.8 Å². The zero-order valence-electron chi connectivity index (χ0n) is 10.5. The predicted octanol–water partition coefficient (Wildman–Crippen LogP) is 1.99. The van der Waals surface area contributed by atoms with Crippen LogP contribution in [0, 0.1) is 0 Å². The fourth-order valence-electron chi connectivity index (χ4n) is 1.78. The second-order valence-electron chi connectivity index (χ2n) is 3.88. The lowest BCUT2D eigenvalue weighted by Crippen LogP contribution is -2.30. The first-order valence-corrected chi connectivity index (χ1v) is 7.31. The van der Waals surface area contributed by atoms with E-state index in [0.717, 1.165) is 0 Å². The third kappa shape index (κ3) is 2.64. The third-order valence-corrected chi connectivity index (χ3v) is 4.45. The van der Waals surface area contributed by atoms with Crippen LogP contribution in [0.25, 0.3) is 0 Å². The number of anilines is 1. The van der Waals surface area contributed by atoms with Crippen LogP contribution in [0.2, 0.25) is 0 Å².